The summed E-state index contributed by atoms with van der Waals surface area (Å²) < 4.78 is 4.46. The molecule has 112 valence electrons. The number of benzene rings is 1. The van der Waals surface area contributed by atoms with Crippen LogP contribution in [0.2, 0.25) is 0 Å². The monoisotopic (exact) mass is 306 g/mol. The third-order valence-electron chi connectivity index (χ3n) is 2.42. The number of nitrogens with zero attached hydrogens (tertiary/aromatic N) is 1. The molecule has 0 atom stereocenters. The summed E-state index contributed by atoms with van der Waals surface area (Å²) >= 11 is 0. The maximum atomic E-state index is 10.8. The molecular formula is C12H19N4NaO4. The molecule has 0 bridgehead atoms. The number of carbonyl (C=O) groups is 2. The number of phenolic OH excluding ortho intramolecular Hbond substituents is 1. The van der Waals surface area contributed by atoms with Crippen LogP contribution in [0.5, 0.6) is 5.75 Å². The average Bonchev–Trinajstić information content (AvgIpc) is 2.91. The Labute approximate surface area is 144 Å². The molecule has 21 heavy (non-hydrogen) atoms. The van der Waals surface area contributed by atoms with Crippen molar-refractivity contribution < 1.29 is 19.4 Å². The number of amides is 2. The Kier molecular flexibility index (Phi) is 9.76. The van der Waals surface area contributed by atoms with Gasteiger partial charge in [0.1, 0.15) is 5.75 Å². The van der Waals surface area contributed by atoms with Gasteiger partial charge in [-0.05, 0) is 24.3 Å². The Morgan fingerprint density at radius 3 is 2.43 bits per heavy atom. The van der Waals surface area contributed by atoms with Gasteiger partial charge in [-0.3, -0.25) is 5.43 Å². The first-order valence-electron chi connectivity index (χ1n) is 5.92. The molecule has 1 aliphatic rings. The number of esters is 1. The number of nitrogens with one attached hydrogen (secondary N) is 2. The topological polar surface area (TPSA) is 117 Å². The second-order valence-corrected chi connectivity index (χ2v) is 3.94. The zero-order valence-electron chi connectivity index (χ0n) is 11.1. The number of phenols is 1. The Bertz CT molecular complexity index is 449. The fraction of sp³-hybridized carbons (Fsp3) is 0.333. The van der Waals surface area contributed by atoms with Crippen LogP contribution in [-0.2, 0) is 4.74 Å². The van der Waals surface area contributed by atoms with Crippen molar-refractivity contribution in [2.24, 2.45) is 5.73 Å². The molecule has 1 aliphatic heterocycles. The number of ether oxygens (including phenoxy) is 1. The molecule has 9 heteroatoms. The molecule has 0 unspecified atom stereocenters. The molecule has 0 radical (unpaired) electrons. The van der Waals surface area contributed by atoms with E-state index in [0.29, 0.717) is 12.2 Å². The predicted molar refractivity (Wildman–Crippen MR) is 78.9 cm³/mol. The Morgan fingerprint density at radius 1 is 1.38 bits per heavy atom. The van der Waals surface area contributed by atoms with E-state index in [1.54, 1.807) is 5.01 Å². The second-order valence-electron chi connectivity index (χ2n) is 3.94. The summed E-state index contributed by atoms with van der Waals surface area (Å²) in [6.07, 6.45) is 0. The zero-order valence-corrected chi connectivity index (χ0v) is 11.1. The van der Waals surface area contributed by atoms with Crippen LogP contribution in [0.1, 0.15) is 10.4 Å². The Balaban J connectivity index is 0.000000370. The SMILES string of the molecule is COC(=O)c1ccc(O)cc1.NC(=O)NN1CCNC1.[NaH]. The van der Waals surface area contributed by atoms with Crippen LogP contribution in [0.25, 0.3) is 0 Å². The summed E-state index contributed by atoms with van der Waals surface area (Å²) in [5, 5.41) is 13.6. The molecule has 1 aromatic rings. The van der Waals surface area contributed by atoms with Gasteiger partial charge in [-0.2, -0.15) is 0 Å². The molecule has 0 saturated carbocycles. The first-order valence-corrected chi connectivity index (χ1v) is 5.92. The molecule has 5 N–H and O–H groups in total. The van der Waals surface area contributed by atoms with E-state index in [2.05, 4.69) is 15.5 Å². The third-order valence-corrected chi connectivity index (χ3v) is 2.42. The van der Waals surface area contributed by atoms with Gasteiger partial charge in [0.2, 0.25) is 0 Å². The molecule has 0 aliphatic carbocycles. The van der Waals surface area contributed by atoms with Gasteiger partial charge in [0.25, 0.3) is 0 Å². The summed E-state index contributed by atoms with van der Waals surface area (Å²) in [4.78, 5) is 21.0. The molecule has 1 fully saturated rings. The third kappa shape index (κ3) is 7.88. The van der Waals surface area contributed by atoms with Crippen LogP contribution >= 0.6 is 0 Å². The molecule has 1 saturated heterocycles. The van der Waals surface area contributed by atoms with Crippen LogP contribution in [-0.4, -0.2) is 78.5 Å². The molecule has 2 amide bonds. The molecule has 2 rings (SSSR count). The van der Waals surface area contributed by atoms with Crippen molar-refractivity contribution in [3.63, 3.8) is 0 Å². The van der Waals surface area contributed by atoms with Crippen LogP contribution in [0, 0.1) is 0 Å². The molecular weight excluding hydrogens is 287 g/mol. The number of primary amides is 1. The summed E-state index contributed by atoms with van der Waals surface area (Å²) in [6.45, 7) is 2.41. The fourth-order valence-electron chi connectivity index (χ4n) is 1.47. The Morgan fingerprint density at radius 2 is 2.00 bits per heavy atom. The number of rotatable bonds is 2. The van der Waals surface area contributed by atoms with E-state index in [9.17, 15) is 9.59 Å². The standard InChI is InChI=1S/C8H8O3.C4H10N4O.Na.H/c1-11-8(10)6-2-4-7(9)5-3-6;5-4(9)7-8-2-1-6-3-8;;/h2-5,9H,1H3;6H,1-3H2,(H3,5,7,9);;. The molecule has 0 aromatic heterocycles. The van der Waals surface area contributed by atoms with Crippen molar-refractivity contribution in [2.45, 2.75) is 0 Å². The number of aromatic hydroxyl groups is 1. The summed E-state index contributed by atoms with van der Waals surface area (Å²) in [7, 11) is 1.31. The minimum absolute atomic E-state index is 0. The summed E-state index contributed by atoms with van der Waals surface area (Å²) in [6, 6.07) is 5.37. The second kappa shape index (κ2) is 10.4. The van der Waals surface area contributed by atoms with E-state index in [4.69, 9.17) is 10.8 Å². The van der Waals surface area contributed by atoms with E-state index in [1.165, 1.54) is 31.4 Å². The first-order chi connectivity index (χ1) is 9.52. The quantitative estimate of drug-likeness (QED) is 0.410. The van der Waals surface area contributed by atoms with E-state index >= 15 is 0 Å². The van der Waals surface area contributed by atoms with Crippen molar-refractivity contribution in [1.82, 2.24) is 15.8 Å². The van der Waals surface area contributed by atoms with Crippen LogP contribution in [0.15, 0.2) is 24.3 Å². The molecule has 8 nitrogen and oxygen atoms in total. The number of methoxy groups -OCH3 is 1. The number of hydrogen-bond donors (Lipinski definition) is 4. The van der Waals surface area contributed by atoms with Crippen molar-refractivity contribution in [2.75, 3.05) is 26.9 Å². The van der Waals surface area contributed by atoms with Crippen molar-refractivity contribution in [3.8, 4) is 5.75 Å². The summed E-state index contributed by atoms with van der Waals surface area (Å²) in [5.41, 5.74) is 7.74. The molecule has 0 spiro atoms. The number of carbonyl (C=O) groups excluding carboxylic acids is 2. The van der Waals surface area contributed by atoms with Crippen LogP contribution < -0.4 is 16.5 Å². The zero-order chi connectivity index (χ0) is 15.0. The number of urea groups is 1. The van der Waals surface area contributed by atoms with Gasteiger partial charge in [-0.25, -0.2) is 14.6 Å². The normalized spacial score (nSPS) is 13.4. The predicted octanol–water partition coefficient (Wildman–Crippen LogP) is -1.04. The summed E-state index contributed by atoms with van der Waals surface area (Å²) in [5.74, 6) is -0.261. The van der Waals surface area contributed by atoms with Gasteiger partial charge in [0, 0.05) is 13.1 Å². The van der Waals surface area contributed by atoms with E-state index in [1.807, 2.05) is 0 Å². The number of hydrazine groups is 1. The van der Waals surface area contributed by atoms with Crippen LogP contribution in [0.3, 0.4) is 0 Å². The van der Waals surface area contributed by atoms with E-state index in [-0.39, 0.29) is 35.3 Å². The van der Waals surface area contributed by atoms with E-state index < -0.39 is 12.0 Å². The fourth-order valence-corrected chi connectivity index (χ4v) is 1.47. The van der Waals surface area contributed by atoms with Gasteiger partial charge >= 0.3 is 41.6 Å². The van der Waals surface area contributed by atoms with Gasteiger partial charge in [-0.1, -0.05) is 0 Å². The van der Waals surface area contributed by atoms with Crippen molar-refractivity contribution in [3.05, 3.63) is 29.8 Å². The van der Waals surface area contributed by atoms with Crippen molar-refractivity contribution in [1.29, 1.82) is 0 Å². The van der Waals surface area contributed by atoms with Crippen LogP contribution in [0.4, 0.5) is 4.79 Å². The average molecular weight is 306 g/mol. The van der Waals surface area contributed by atoms with Gasteiger partial charge in [-0.15, -0.1) is 0 Å². The first kappa shape index (κ1) is 19.7. The van der Waals surface area contributed by atoms with E-state index in [0.717, 1.165) is 13.1 Å². The number of nitrogens with two attached hydrogens (primary N) is 1. The van der Waals surface area contributed by atoms with Gasteiger partial charge < -0.3 is 20.9 Å². The Hall–Kier alpha value is -1.32. The molecule has 1 heterocycles. The number of hydrogen-bond acceptors (Lipinski definition) is 6. The van der Waals surface area contributed by atoms with Gasteiger partial charge in [0.05, 0.1) is 19.3 Å². The minimum atomic E-state index is -0.501. The van der Waals surface area contributed by atoms with Crippen molar-refractivity contribution >= 4 is 41.6 Å². The van der Waals surface area contributed by atoms with Gasteiger partial charge in [0.15, 0.2) is 0 Å². The molecule has 1 aromatic carbocycles. The maximum absolute atomic E-state index is 10.8.